The molecule has 0 atom stereocenters. The Bertz CT molecular complexity index is 375. The molecule has 1 aliphatic rings. The van der Waals surface area contributed by atoms with Crippen LogP contribution in [-0.2, 0) is 9.53 Å². The van der Waals surface area contributed by atoms with Crippen LogP contribution >= 0.6 is 22.9 Å². The van der Waals surface area contributed by atoms with Crippen molar-refractivity contribution in [3.63, 3.8) is 0 Å². The van der Waals surface area contributed by atoms with E-state index in [9.17, 15) is 4.79 Å². The van der Waals surface area contributed by atoms with Gasteiger partial charge in [0, 0.05) is 18.5 Å². The lowest BCUT2D eigenvalue weighted by Crippen LogP contribution is -2.36. The van der Waals surface area contributed by atoms with Gasteiger partial charge < -0.3 is 9.64 Å². The number of rotatable bonds is 2. The number of nitrogens with zero attached hydrogens (tertiary/aromatic N) is 2. The Labute approximate surface area is 103 Å². The highest BCUT2D eigenvalue weighted by molar-refractivity contribution is 7.14. The molecule has 0 N–H and O–H groups in total. The number of hydrogen-bond donors (Lipinski definition) is 0. The van der Waals surface area contributed by atoms with Gasteiger partial charge in [-0.15, -0.1) is 11.3 Å². The van der Waals surface area contributed by atoms with Crippen LogP contribution in [0.15, 0.2) is 5.38 Å². The van der Waals surface area contributed by atoms with Crippen LogP contribution < -0.4 is 4.90 Å². The van der Waals surface area contributed by atoms with Crippen LogP contribution in [0.5, 0.6) is 0 Å². The molecule has 1 saturated heterocycles. The molecule has 16 heavy (non-hydrogen) atoms. The summed E-state index contributed by atoms with van der Waals surface area (Å²) in [6, 6.07) is 0. The number of halogens is 1. The Balaban J connectivity index is 1.92. The fourth-order valence-corrected chi connectivity index (χ4v) is 2.87. The molecule has 1 aliphatic heterocycles. The number of esters is 1. The summed E-state index contributed by atoms with van der Waals surface area (Å²) in [5, 5.41) is 3.30. The third-order valence-corrected chi connectivity index (χ3v) is 3.99. The fraction of sp³-hybridized carbons (Fsp3) is 0.600. The first-order valence-corrected chi connectivity index (χ1v) is 6.40. The van der Waals surface area contributed by atoms with E-state index in [1.165, 1.54) is 18.4 Å². The second-order valence-corrected chi connectivity index (χ2v) is 4.96. The van der Waals surface area contributed by atoms with E-state index in [2.05, 4.69) is 9.88 Å². The first-order chi connectivity index (χ1) is 7.70. The number of methoxy groups -OCH3 is 1. The highest BCUT2D eigenvalue weighted by Gasteiger charge is 2.26. The van der Waals surface area contributed by atoms with Crippen molar-refractivity contribution < 1.29 is 9.53 Å². The Morgan fingerprint density at radius 1 is 1.62 bits per heavy atom. The van der Waals surface area contributed by atoms with Gasteiger partial charge in [-0.1, -0.05) is 11.6 Å². The maximum absolute atomic E-state index is 11.3. The van der Waals surface area contributed by atoms with Gasteiger partial charge in [0.15, 0.2) is 5.13 Å². The lowest BCUT2D eigenvalue weighted by atomic mass is 9.97. The van der Waals surface area contributed by atoms with Gasteiger partial charge in [-0.05, 0) is 12.8 Å². The van der Waals surface area contributed by atoms with Crippen LogP contribution in [0.1, 0.15) is 12.8 Å². The number of aromatic nitrogens is 1. The summed E-state index contributed by atoms with van der Waals surface area (Å²) >= 11 is 7.32. The van der Waals surface area contributed by atoms with E-state index in [-0.39, 0.29) is 11.9 Å². The molecule has 0 amide bonds. The Morgan fingerprint density at radius 3 is 2.81 bits per heavy atom. The van der Waals surface area contributed by atoms with E-state index in [0.717, 1.165) is 31.1 Å². The number of carbonyl (C=O) groups is 1. The molecule has 0 spiro atoms. The average Bonchev–Trinajstić information content (AvgIpc) is 2.75. The predicted molar refractivity (Wildman–Crippen MR) is 64.1 cm³/mol. The minimum Gasteiger partial charge on any atom is -0.469 e. The number of hydrogen-bond acceptors (Lipinski definition) is 5. The minimum atomic E-state index is -0.100. The standard InChI is InChI=1S/C10H13ClN2O2S/c1-15-9(14)7-2-4-13(5-3-7)10-12-8(11)6-16-10/h6-7H,2-5H2,1H3. The first kappa shape index (κ1) is 11.7. The van der Waals surface area contributed by atoms with Gasteiger partial charge in [-0.25, -0.2) is 4.98 Å². The quantitative estimate of drug-likeness (QED) is 0.765. The van der Waals surface area contributed by atoms with Crippen molar-refractivity contribution in [2.75, 3.05) is 25.1 Å². The zero-order chi connectivity index (χ0) is 11.5. The van der Waals surface area contributed by atoms with Crippen molar-refractivity contribution in [1.29, 1.82) is 0 Å². The summed E-state index contributed by atoms with van der Waals surface area (Å²) in [4.78, 5) is 17.7. The van der Waals surface area contributed by atoms with Gasteiger partial charge in [0.1, 0.15) is 5.15 Å². The second-order valence-electron chi connectivity index (χ2n) is 3.74. The molecule has 0 unspecified atom stereocenters. The van der Waals surface area contributed by atoms with E-state index >= 15 is 0 Å². The van der Waals surface area contributed by atoms with Gasteiger partial charge >= 0.3 is 5.97 Å². The average molecular weight is 261 g/mol. The number of piperidine rings is 1. The van der Waals surface area contributed by atoms with E-state index in [1.807, 2.05) is 5.38 Å². The number of thiazole rings is 1. The van der Waals surface area contributed by atoms with Gasteiger partial charge in [-0.2, -0.15) is 0 Å². The Hall–Kier alpha value is -0.810. The molecule has 0 bridgehead atoms. The van der Waals surface area contributed by atoms with Crippen molar-refractivity contribution in [3.05, 3.63) is 10.5 Å². The van der Waals surface area contributed by atoms with Crippen LogP contribution in [0.2, 0.25) is 5.15 Å². The number of anilines is 1. The highest BCUT2D eigenvalue weighted by Crippen LogP contribution is 2.28. The first-order valence-electron chi connectivity index (χ1n) is 5.14. The Kier molecular flexibility index (Phi) is 3.66. The fourth-order valence-electron chi connectivity index (χ4n) is 1.86. The second kappa shape index (κ2) is 5.01. The van der Waals surface area contributed by atoms with Crippen molar-refractivity contribution in [3.8, 4) is 0 Å². The van der Waals surface area contributed by atoms with Gasteiger partial charge in [0.25, 0.3) is 0 Å². The minimum absolute atomic E-state index is 0.0386. The van der Waals surface area contributed by atoms with Crippen LogP contribution in [0.3, 0.4) is 0 Å². The summed E-state index contributed by atoms with van der Waals surface area (Å²) in [6.45, 7) is 1.67. The van der Waals surface area contributed by atoms with E-state index in [0.29, 0.717) is 5.15 Å². The molecule has 0 radical (unpaired) electrons. The van der Waals surface area contributed by atoms with Crippen LogP contribution in [0.25, 0.3) is 0 Å². The van der Waals surface area contributed by atoms with Crippen molar-refractivity contribution >= 4 is 34.0 Å². The monoisotopic (exact) mass is 260 g/mol. The highest BCUT2D eigenvalue weighted by atomic mass is 35.5. The smallest absolute Gasteiger partial charge is 0.308 e. The zero-order valence-corrected chi connectivity index (χ0v) is 10.6. The molecule has 6 heteroatoms. The molecule has 1 aromatic rings. The lowest BCUT2D eigenvalue weighted by Gasteiger charge is -2.30. The summed E-state index contributed by atoms with van der Waals surface area (Å²) in [7, 11) is 1.44. The van der Waals surface area contributed by atoms with E-state index in [1.54, 1.807) is 0 Å². The molecule has 0 aromatic carbocycles. The van der Waals surface area contributed by atoms with Gasteiger partial charge in [0.05, 0.1) is 13.0 Å². The summed E-state index contributed by atoms with van der Waals surface area (Å²) in [6.07, 6.45) is 1.65. The SMILES string of the molecule is COC(=O)C1CCN(c2nc(Cl)cs2)CC1. The largest absolute Gasteiger partial charge is 0.469 e. The van der Waals surface area contributed by atoms with Gasteiger partial charge in [-0.3, -0.25) is 4.79 Å². The molecular weight excluding hydrogens is 248 g/mol. The molecule has 1 aromatic heterocycles. The maximum atomic E-state index is 11.3. The third kappa shape index (κ3) is 2.47. The van der Waals surface area contributed by atoms with Crippen molar-refractivity contribution in [2.45, 2.75) is 12.8 Å². The Morgan fingerprint density at radius 2 is 2.31 bits per heavy atom. The molecule has 4 nitrogen and oxygen atoms in total. The van der Waals surface area contributed by atoms with Crippen LogP contribution in [0.4, 0.5) is 5.13 Å². The third-order valence-electron chi connectivity index (χ3n) is 2.76. The number of ether oxygens (including phenoxy) is 1. The zero-order valence-electron chi connectivity index (χ0n) is 8.98. The molecule has 2 rings (SSSR count). The summed E-state index contributed by atoms with van der Waals surface area (Å²) < 4.78 is 4.74. The molecule has 1 fully saturated rings. The van der Waals surface area contributed by atoms with E-state index in [4.69, 9.17) is 16.3 Å². The molecule has 0 saturated carbocycles. The number of carbonyl (C=O) groups excluding carboxylic acids is 1. The lowest BCUT2D eigenvalue weighted by molar-refractivity contribution is -0.146. The topological polar surface area (TPSA) is 42.4 Å². The van der Waals surface area contributed by atoms with Crippen molar-refractivity contribution in [1.82, 2.24) is 4.98 Å². The maximum Gasteiger partial charge on any atom is 0.308 e. The molecule has 88 valence electrons. The van der Waals surface area contributed by atoms with Crippen LogP contribution in [-0.4, -0.2) is 31.2 Å². The molecule has 2 heterocycles. The summed E-state index contributed by atoms with van der Waals surface area (Å²) in [5.41, 5.74) is 0. The predicted octanol–water partition coefficient (Wildman–Crippen LogP) is 2.19. The normalized spacial score (nSPS) is 17.5. The van der Waals surface area contributed by atoms with E-state index < -0.39 is 0 Å². The summed E-state index contributed by atoms with van der Waals surface area (Å²) in [5.74, 6) is -0.0616. The molecular formula is C10H13ClN2O2S. The van der Waals surface area contributed by atoms with Crippen LogP contribution in [0, 0.1) is 5.92 Å². The molecule has 0 aliphatic carbocycles. The van der Waals surface area contributed by atoms with Crippen molar-refractivity contribution in [2.24, 2.45) is 5.92 Å². The van der Waals surface area contributed by atoms with Gasteiger partial charge in [0.2, 0.25) is 0 Å².